The lowest BCUT2D eigenvalue weighted by atomic mass is 9.94. The van der Waals surface area contributed by atoms with E-state index >= 15 is 0 Å². The summed E-state index contributed by atoms with van der Waals surface area (Å²) >= 11 is 0. The van der Waals surface area contributed by atoms with Crippen LogP contribution in [0.25, 0.3) is 0 Å². The van der Waals surface area contributed by atoms with Crippen LogP contribution in [-0.2, 0) is 6.42 Å². The topological polar surface area (TPSA) is 26.0 Å². The fraction of sp³-hybridized carbons (Fsp3) is 0.500. The summed E-state index contributed by atoms with van der Waals surface area (Å²) in [7, 11) is 0. The molecule has 0 heterocycles. The average molecular weight is 195 g/mol. The van der Waals surface area contributed by atoms with Crippen molar-refractivity contribution in [3.05, 3.63) is 35.1 Å². The van der Waals surface area contributed by atoms with E-state index in [9.17, 15) is 4.39 Å². The van der Waals surface area contributed by atoms with Gasteiger partial charge in [0.1, 0.15) is 5.82 Å². The van der Waals surface area contributed by atoms with Crippen molar-refractivity contribution < 1.29 is 4.39 Å². The van der Waals surface area contributed by atoms with Crippen LogP contribution in [0.1, 0.15) is 24.5 Å². The van der Waals surface area contributed by atoms with Crippen LogP contribution >= 0.6 is 0 Å². The van der Waals surface area contributed by atoms with E-state index in [1.807, 2.05) is 13.0 Å². The molecule has 1 atom stereocenters. The maximum absolute atomic E-state index is 12.8. The molecular formula is C12H18FN. The summed E-state index contributed by atoms with van der Waals surface area (Å²) in [5, 5.41) is 0. The van der Waals surface area contributed by atoms with E-state index < -0.39 is 0 Å². The fourth-order valence-electron chi connectivity index (χ4n) is 1.59. The van der Waals surface area contributed by atoms with Crippen LogP contribution in [0.4, 0.5) is 4.39 Å². The van der Waals surface area contributed by atoms with Gasteiger partial charge in [0.05, 0.1) is 0 Å². The van der Waals surface area contributed by atoms with Crippen LogP contribution in [0.15, 0.2) is 18.2 Å². The van der Waals surface area contributed by atoms with Gasteiger partial charge in [-0.1, -0.05) is 19.4 Å². The maximum Gasteiger partial charge on any atom is 0.123 e. The van der Waals surface area contributed by atoms with Gasteiger partial charge >= 0.3 is 0 Å². The molecular weight excluding hydrogens is 177 g/mol. The first-order chi connectivity index (χ1) is 6.67. The summed E-state index contributed by atoms with van der Waals surface area (Å²) in [5.74, 6) is 0.353. The van der Waals surface area contributed by atoms with E-state index in [1.54, 1.807) is 6.07 Å². The first-order valence-electron chi connectivity index (χ1n) is 5.12. The number of nitrogens with two attached hydrogens (primary N) is 1. The highest BCUT2D eigenvalue weighted by Crippen LogP contribution is 2.16. The van der Waals surface area contributed by atoms with E-state index in [-0.39, 0.29) is 5.82 Å². The number of halogens is 1. The summed E-state index contributed by atoms with van der Waals surface area (Å²) < 4.78 is 12.8. The highest BCUT2D eigenvalue weighted by molar-refractivity contribution is 5.26. The SMILES string of the molecule is CCC(CN)Cc1ccc(F)cc1C. The van der Waals surface area contributed by atoms with E-state index in [1.165, 1.54) is 11.6 Å². The van der Waals surface area contributed by atoms with Gasteiger partial charge in [0.25, 0.3) is 0 Å². The molecule has 14 heavy (non-hydrogen) atoms. The van der Waals surface area contributed by atoms with E-state index in [2.05, 4.69) is 6.92 Å². The van der Waals surface area contributed by atoms with Gasteiger partial charge in [0.2, 0.25) is 0 Å². The molecule has 1 nitrogen and oxygen atoms in total. The summed E-state index contributed by atoms with van der Waals surface area (Å²) in [6, 6.07) is 4.97. The zero-order valence-electron chi connectivity index (χ0n) is 8.89. The summed E-state index contributed by atoms with van der Waals surface area (Å²) in [5.41, 5.74) is 7.87. The summed E-state index contributed by atoms with van der Waals surface area (Å²) in [6.07, 6.45) is 2.03. The van der Waals surface area contributed by atoms with Gasteiger partial charge in [0, 0.05) is 0 Å². The molecule has 2 heteroatoms. The first-order valence-corrected chi connectivity index (χ1v) is 5.12. The van der Waals surface area contributed by atoms with Crippen LogP contribution in [0.3, 0.4) is 0 Å². The average Bonchev–Trinajstić information content (AvgIpc) is 2.17. The zero-order valence-corrected chi connectivity index (χ0v) is 8.89. The Morgan fingerprint density at radius 1 is 1.43 bits per heavy atom. The minimum atomic E-state index is -0.160. The van der Waals surface area contributed by atoms with Crippen LogP contribution in [-0.4, -0.2) is 6.54 Å². The first kappa shape index (κ1) is 11.2. The number of hydrogen-bond acceptors (Lipinski definition) is 1. The molecule has 0 aliphatic rings. The van der Waals surface area contributed by atoms with Crippen LogP contribution in [0, 0.1) is 18.7 Å². The molecule has 78 valence electrons. The fourth-order valence-corrected chi connectivity index (χ4v) is 1.59. The third-order valence-corrected chi connectivity index (χ3v) is 2.72. The molecule has 0 amide bonds. The number of benzene rings is 1. The monoisotopic (exact) mass is 195 g/mol. The molecule has 0 aromatic heterocycles. The molecule has 0 saturated carbocycles. The molecule has 2 N–H and O–H groups in total. The summed E-state index contributed by atoms with van der Waals surface area (Å²) in [6.45, 7) is 4.78. The van der Waals surface area contributed by atoms with E-state index in [4.69, 9.17) is 5.73 Å². The highest BCUT2D eigenvalue weighted by Gasteiger charge is 2.07. The second-order valence-electron chi connectivity index (χ2n) is 3.78. The van der Waals surface area contributed by atoms with Crippen molar-refractivity contribution in [2.24, 2.45) is 11.7 Å². The van der Waals surface area contributed by atoms with Gasteiger partial charge in [-0.05, 0) is 49.1 Å². The standard InChI is InChI=1S/C12H18FN/c1-3-10(8-14)7-11-4-5-12(13)6-9(11)2/h4-6,10H,3,7-8,14H2,1-2H3. The Bertz CT molecular complexity index is 292. The van der Waals surface area contributed by atoms with Gasteiger partial charge in [-0.3, -0.25) is 0 Å². The molecule has 0 spiro atoms. The molecule has 0 saturated heterocycles. The number of aryl methyl sites for hydroxylation is 1. The molecule has 0 aliphatic heterocycles. The molecule has 0 fully saturated rings. The van der Waals surface area contributed by atoms with Crippen molar-refractivity contribution in [3.63, 3.8) is 0 Å². The van der Waals surface area contributed by atoms with Gasteiger partial charge in [-0.2, -0.15) is 0 Å². The smallest absolute Gasteiger partial charge is 0.123 e. The van der Waals surface area contributed by atoms with Gasteiger partial charge < -0.3 is 5.73 Å². The van der Waals surface area contributed by atoms with Crippen molar-refractivity contribution in [3.8, 4) is 0 Å². The normalized spacial score (nSPS) is 12.9. The quantitative estimate of drug-likeness (QED) is 0.785. The molecule has 0 radical (unpaired) electrons. The Morgan fingerprint density at radius 3 is 2.64 bits per heavy atom. The third kappa shape index (κ3) is 2.81. The van der Waals surface area contributed by atoms with Gasteiger partial charge in [-0.25, -0.2) is 4.39 Å². The predicted molar refractivity (Wildman–Crippen MR) is 57.7 cm³/mol. The Kier molecular flexibility index (Phi) is 4.08. The number of hydrogen-bond donors (Lipinski definition) is 1. The molecule has 0 aliphatic carbocycles. The second-order valence-corrected chi connectivity index (χ2v) is 3.78. The minimum absolute atomic E-state index is 0.160. The van der Waals surface area contributed by atoms with Gasteiger partial charge in [-0.15, -0.1) is 0 Å². The molecule has 1 unspecified atom stereocenters. The minimum Gasteiger partial charge on any atom is -0.330 e. The van der Waals surface area contributed by atoms with Crippen molar-refractivity contribution in [1.29, 1.82) is 0 Å². The summed E-state index contributed by atoms with van der Waals surface area (Å²) in [4.78, 5) is 0. The van der Waals surface area contributed by atoms with E-state index in [0.29, 0.717) is 12.5 Å². The molecule has 1 aromatic rings. The van der Waals surface area contributed by atoms with Crippen LogP contribution in [0.5, 0.6) is 0 Å². The predicted octanol–water partition coefficient (Wildman–Crippen LogP) is 2.66. The van der Waals surface area contributed by atoms with Crippen molar-refractivity contribution in [1.82, 2.24) is 0 Å². The van der Waals surface area contributed by atoms with Crippen LogP contribution < -0.4 is 5.73 Å². The van der Waals surface area contributed by atoms with Crippen molar-refractivity contribution >= 4 is 0 Å². The third-order valence-electron chi connectivity index (χ3n) is 2.72. The lowest BCUT2D eigenvalue weighted by molar-refractivity contribution is 0.516. The molecule has 0 bridgehead atoms. The Labute approximate surface area is 85.1 Å². The molecule has 1 rings (SSSR count). The maximum atomic E-state index is 12.8. The lowest BCUT2D eigenvalue weighted by Gasteiger charge is -2.13. The highest BCUT2D eigenvalue weighted by atomic mass is 19.1. The lowest BCUT2D eigenvalue weighted by Crippen LogP contribution is -2.16. The Balaban J connectivity index is 2.76. The van der Waals surface area contributed by atoms with E-state index in [0.717, 1.165) is 18.4 Å². The molecule has 1 aromatic carbocycles. The van der Waals surface area contributed by atoms with Gasteiger partial charge in [0.15, 0.2) is 0 Å². The second kappa shape index (κ2) is 5.11. The van der Waals surface area contributed by atoms with Crippen molar-refractivity contribution in [2.45, 2.75) is 26.7 Å². The Hall–Kier alpha value is -0.890. The Morgan fingerprint density at radius 2 is 2.14 bits per heavy atom. The van der Waals surface area contributed by atoms with Crippen molar-refractivity contribution in [2.75, 3.05) is 6.54 Å². The zero-order chi connectivity index (χ0) is 10.6. The largest absolute Gasteiger partial charge is 0.330 e. The number of rotatable bonds is 4. The van der Waals surface area contributed by atoms with Crippen LogP contribution in [0.2, 0.25) is 0 Å².